The smallest absolute Gasteiger partial charge is 0.321 e. The molecule has 1 saturated carbocycles. The van der Waals surface area contributed by atoms with Crippen LogP contribution in [0.1, 0.15) is 18.4 Å². The second kappa shape index (κ2) is 5.50. The third kappa shape index (κ3) is 3.09. The zero-order chi connectivity index (χ0) is 14.9. The molecule has 0 atom stereocenters. The number of hydrogen-bond acceptors (Lipinski definition) is 3. The van der Waals surface area contributed by atoms with Crippen LogP contribution in [-0.4, -0.2) is 16.0 Å². The number of halogens is 2. The molecule has 1 heterocycles. The number of anilines is 1. The molecule has 1 aromatic heterocycles. The predicted octanol–water partition coefficient (Wildman–Crippen LogP) is 3.59. The van der Waals surface area contributed by atoms with Crippen LogP contribution in [0.3, 0.4) is 0 Å². The van der Waals surface area contributed by atoms with Gasteiger partial charge in [0.2, 0.25) is 0 Å². The Hall–Kier alpha value is -1.85. The van der Waals surface area contributed by atoms with Crippen molar-refractivity contribution < 1.29 is 4.79 Å². The van der Waals surface area contributed by atoms with Gasteiger partial charge in [0.25, 0.3) is 0 Å². The van der Waals surface area contributed by atoms with E-state index < -0.39 is 5.54 Å². The summed E-state index contributed by atoms with van der Waals surface area (Å²) in [6, 6.07) is 4.96. The molecule has 0 unspecified atom stereocenters. The molecule has 1 aliphatic carbocycles. The summed E-state index contributed by atoms with van der Waals surface area (Å²) >= 11 is 12.1. The second-order valence-corrected chi connectivity index (χ2v) is 5.72. The van der Waals surface area contributed by atoms with Crippen LogP contribution in [0.4, 0.5) is 10.6 Å². The Morgan fingerprint density at radius 2 is 2.05 bits per heavy atom. The van der Waals surface area contributed by atoms with Crippen LogP contribution in [0, 0.1) is 0 Å². The van der Waals surface area contributed by atoms with E-state index in [0.29, 0.717) is 15.9 Å². The number of nitrogens with zero attached hydrogens (tertiary/aromatic N) is 2. The maximum Gasteiger partial charge on any atom is 0.321 e. The highest BCUT2D eigenvalue weighted by Gasteiger charge is 2.47. The number of urea groups is 1. The zero-order valence-electron chi connectivity index (χ0n) is 10.9. The molecule has 0 bridgehead atoms. The molecule has 1 fully saturated rings. The third-order valence-corrected chi connectivity index (χ3v) is 3.90. The number of benzene rings is 1. The zero-order valence-corrected chi connectivity index (χ0v) is 12.4. The Morgan fingerprint density at radius 3 is 2.67 bits per heavy atom. The molecule has 2 amide bonds. The normalized spacial score (nSPS) is 15.3. The average Bonchev–Trinajstić information content (AvgIpc) is 3.20. The summed E-state index contributed by atoms with van der Waals surface area (Å²) in [5.41, 5.74) is 0.455. The van der Waals surface area contributed by atoms with Crippen molar-refractivity contribution in [2.75, 3.05) is 5.32 Å². The first-order chi connectivity index (χ1) is 10.1. The van der Waals surface area contributed by atoms with Crippen molar-refractivity contribution >= 4 is 35.1 Å². The van der Waals surface area contributed by atoms with E-state index in [1.54, 1.807) is 18.3 Å². The van der Waals surface area contributed by atoms with Crippen LogP contribution in [0.5, 0.6) is 0 Å². The topological polar surface area (TPSA) is 66.9 Å². The molecular weight excluding hydrogens is 311 g/mol. The summed E-state index contributed by atoms with van der Waals surface area (Å²) in [6.45, 7) is 0. The summed E-state index contributed by atoms with van der Waals surface area (Å²) < 4.78 is 0. The summed E-state index contributed by atoms with van der Waals surface area (Å²) in [7, 11) is 0. The number of amides is 2. The van der Waals surface area contributed by atoms with E-state index in [2.05, 4.69) is 20.6 Å². The first-order valence-electron chi connectivity index (χ1n) is 6.40. The minimum atomic E-state index is -0.423. The second-order valence-electron chi connectivity index (χ2n) is 4.88. The number of aromatic nitrogens is 2. The monoisotopic (exact) mass is 322 g/mol. The average molecular weight is 323 g/mol. The quantitative estimate of drug-likeness (QED) is 0.907. The molecular formula is C14H12Cl2N4O. The molecule has 0 aliphatic heterocycles. The van der Waals surface area contributed by atoms with Crippen molar-refractivity contribution in [1.82, 2.24) is 15.3 Å². The van der Waals surface area contributed by atoms with Gasteiger partial charge in [-0.2, -0.15) is 0 Å². The van der Waals surface area contributed by atoms with Gasteiger partial charge in [-0.1, -0.05) is 29.3 Å². The van der Waals surface area contributed by atoms with Crippen LogP contribution in [-0.2, 0) is 5.54 Å². The lowest BCUT2D eigenvalue weighted by Crippen LogP contribution is -2.38. The van der Waals surface area contributed by atoms with Gasteiger partial charge in [0.1, 0.15) is 0 Å². The summed E-state index contributed by atoms with van der Waals surface area (Å²) in [4.78, 5) is 19.9. The number of rotatable bonds is 3. The van der Waals surface area contributed by atoms with E-state index in [1.165, 1.54) is 12.4 Å². The highest BCUT2D eigenvalue weighted by molar-refractivity contribution is 6.35. The number of carbonyl (C=O) groups is 1. The van der Waals surface area contributed by atoms with Crippen LogP contribution in [0.2, 0.25) is 10.0 Å². The summed E-state index contributed by atoms with van der Waals surface area (Å²) in [6.07, 6.45) is 6.20. The predicted molar refractivity (Wildman–Crippen MR) is 81.6 cm³/mol. The van der Waals surface area contributed by atoms with E-state index in [-0.39, 0.29) is 6.03 Å². The summed E-state index contributed by atoms with van der Waals surface area (Å²) in [5.74, 6) is 0.396. The maximum absolute atomic E-state index is 12.1. The Balaban J connectivity index is 1.73. The van der Waals surface area contributed by atoms with Crippen molar-refractivity contribution in [3.63, 3.8) is 0 Å². The van der Waals surface area contributed by atoms with E-state index in [9.17, 15) is 4.79 Å². The highest BCUT2D eigenvalue weighted by atomic mass is 35.5. The van der Waals surface area contributed by atoms with Crippen molar-refractivity contribution in [3.05, 3.63) is 52.4 Å². The molecule has 0 saturated heterocycles. The Morgan fingerprint density at radius 1 is 1.24 bits per heavy atom. The number of carbonyl (C=O) groups excluding carboxylic acids is 1. The molecule has 3 rings (SSSR count). The van der Waals surface area contributed by atoms with Crippen molar-refractivity contribution in [2.24, 2.45) is 0 Å². The van der Waals surface area contributed by atoms with Crippen molar-refractivity contribution in [1.29, 1.82) is 0 Å². The van der Waals surface area contributed by atoms with Gasteiger partial charge in [-0.25, -0.2) is 9.78 Å². The first-order valence-corrected chi connectivity index (χ1v) is 7.15. The van der Waals surface area contributed by atoms with Gasteiger partial charge in [-0.05, 0) is 30.5 Å². The van der Waals surface area contributed by atoms with Crippen LogP contribution < -0.4 is 10.6 Å². The van der Waals surface area contributed by atoms with Gasteiger partial charge in [0.05, 0.1) is 11.7 Å². The molecule has 108 valence electrons. The van der Waals surface area contributed by atoms with Crippen LogP contribution in [0.25, 0.3) is 0 Å². The van der Waals surface area contributed by atoms with Gasteiger partial charge in [-0.3, -0.25) is 10.3 Å². The molecule has 5 nitrogen and oxygen atoms in total. The van der Waals surface area contributed by atoms with E-state index >= 15 is 0 Å². The standard InChI is InChI=1S/C14H12Cl2N4O/c15-9-1-2-10(11(16)7-9)14(3-4-14)20-13(21)19-12-8-17-5-6-18-12/h1-2,5-8H,3-4H2,(H2,18,19,20,21). The fraction of sp³-hybridized carbons (Fsp3) is 0.214. The lowest BCUT2D eigenvalue weighted by atomic mass is 10.1. The molecule has 1 aromatic carbocycles. The molecule has 0 spiro atoms. The number of hydrogen-bond donors (Lipinski definition) is 2. The van der Waals surface area contributed by atoms with E-state index in [1.807, 2.05) is 6.07 Å². The SMILES string of the molecule is O=C(Nc1cnccn1)NC1(c2ccc(Cl)cc2Cl)CC1. The molecule has 2 aromatic rings. The molecule has 1 aliphatic rings. The van der Waals surface area contributed by atoms with Crippen molar-refractivity contribution in [2.45, 2.75) is 18.4 Å². The highest BCUT2D eigenvalue weighted by Crippen LogP contribution is 2.48. The van der Waals surface area contributed by atoms with Crippen LogP contribution in [0.15, 0.2) is 36.8 Å². The van der Waals surface area contributed by atoms with Gasteiger partial charge < -0.3 is 5.32 Å². The Kier molecular flexibility index (Phi) is 3.69. The minimum absolute atomic E-state index is 0.334. The van der Waals surface area contributed by atoms with Gasteiger partial charge >= 0.3 is 6.03 Å². The molecule has 21 heavy (non-hydrogen) atoms. The maximum atomic E-state index is 12.1. The minimum Gasteiger partial charge on any atom is -0.328 e. The van der Waals surface area contributed by atoms with E-state index in [4.69, 9.17) is 23.2 Å². The van der Waals surface area contributed by atoms with Gasteiger partial charge in [0.15, 0.2) is 5.82 Å². The molecule has 0 radical (unpaired) electrons. The van der Waals surface area contributed by atoms with E-state index in [0.717, 1.165) is 18.4 Å². The Bertz CT molecular complexity index is 674. The van der Waals surface area contributed by atoms with Gasteiger partial charge in [-0.15, -0.1) is 0 Å². The summed E-state index contributed by atoms with van der Waals surface area (Å²) in [5, 5.41) is 6.72. The fourth-order valence-corrected chi connectivity index (χ4v) is 2.78. The first kappa shape index (κ1) is 14.1. The van der Waals surface area contributed by atoms with Crippen LogP contribution >= 0.6 is 23.2 Å². The Labute approximate surface area is 131 Å². The lowest BCUT2D eigenvalue weighted by molar-refractivity contribution is 0.247. The van der Waals surface area contributed by atoms with Gasteiger partial charge in [0, 0.05) is 22.4 Å². The third-order valence-electron chi connectivity index (χ3n) is 3.35. The largest absolute Gasteiger partial charge is 0.328 e. The van der Waals surface area contributed by atoms with Crippen molar-refractivity contribution in [3.8, 4) is 0 Å². The molecule has 2 N–H and O–H groups in total. The lowest BCUT2D eigenvalue weighted by Gasteiger charge is -2.19. The number of nitrogens with one attached hydrogen (secondary N) is 2. The fourth-order valence-electron chi connectivity index (χ4n) is 2.19. The molecule has 7 heteroatoms.